The molecule has 0 amide bonds. The number of carbonyl (C=O) groups is 1. The molecule has 3 heteroatoms. The molecular weight excluding hydrogens is 216 g/mol. The van der Waals surface area contributed by atoms with Gasteiger partial charge in [0.25, 0.3) is 0 Å². The summed E-state index contributed by atoms with van der Waals surface area (Å²) in [6.07, 6.45) is 0.0162. The van der Waals surface area contributed by atoms with Gasteiger partial charge in [-0.05, 0) is 31.4 Å². The summed E-state index contributed by atoms with van der Waals surface area (Å²) < 4.78 is 5.65. The highest BCUT2D eigenvalue weighted by Gasteiger charge is 2.10. The van der Waals surface area contributed by atoms with Gasteiger partial charge in [-0.1, -0.05) is 24.3 Å². The molecule has 88 valence electrons. The van der Waals surface area contributed by atoms with Crippen molar-refractivity contribution in [2.24, 2.45) is 0 Å². The van der Waals surface area contributed by atoms with Crippen LogP contribution in [0.5, 0.6) is 5.75 Å². The molecule has 2 aromatic rings. The Hall–Kier alpha value is -2.03. The van der Waals surface area contributed by atoms with Gasteiger partial charge in [-0.25, -0.2) is 4.79 Å². The molecule has 3 nitrogen and oxygen atoms in total. The number of hydrogen-bond acceptors (Lipinski definition) is 2. The Morgan fingerprint density at radius 3 is 2.59 bits per heavy atom. The molecule has 0 heterocycles. The molecule has 0 saturated heterocycles. The zero-order valence-electron chi connectivity index (χ0n) is 9.81. The van der Waals surface area contributed by atoms with Crippen molar-refractivity contribution in [1.29, 1.82) is 0 Å². The van der Waals surface area contributed by atoms with Crippen LogP contribution in [0.15, 0.2) is 36.4 Å². The smallest absolute Gasteiger partial charge is 0.335 e. The molecule has 17 heavy (non-hydrogen) atoms. The minimum Gasteiger partial charge on any atom is -0.490 e. The fraction of sp³-hybridized carbons (Fsp3) is 0.214. The normalized spacial score (nSPS) is 10.8. The van der Waals surface area contributed by atoms with Crippen LogP contribution in [0.4, 0.5) is 0 Å². The van der Waals surface area contributed by atoms with Crippen molar-refractivity contribution in [3.05, 3.63) is 42.0 Å². The Morgan fingerprint density at radius 2 is 1.94 bits per heavy atom. The largest absolute Gasteiger partial charge is 0.490 e. The van der Waals surface area contributed by atoms with Crippen molar-refractivity contribution in [2.45, 2.75) is 20.0 Å². The number of hydrogen-bond donors (Lipinski definition) is 1. The van der Waals surface area contributed by atoms with Gasteiger partial charge in [0, 0.05) is 5.39 Å². The van der Waals surface area contributed by atoms with Gasteiger partial charge in [-0.3, -0.25) is 0 Å². The van der Waals surface area contributed by atoms with Gasteiger partial charge in [0.1, 0.15) is 5.75 Å². The van der Waals surface area contributed by atoms with Gasteiger partial charge >= 0.3 is 5.97 Å². The third-order valence-corrected chi connectivity index (χ3v) is 2.43. The van der Waals surface area contributed by atoms with Crippen LogP contribution in [0, 0.1) is 0 Å². The first kappa shape index (κ1) is 11.5. The van der Waals surface area contributed by atoms with E-state index in [1.54, 1.807) is 12.1 Å². The standard InChI is InChI=1S/C14H14O3/c1-9(2)17-13-8-11(14(15)16)7-10-5-3-4-6-12(10)13/h3-9H,1-2H3,(H,15,16). The van der Waals surface area contributed by atoms with Gasteiger partial charge in [-0.2, -0.15) is 0 Å². The van der Waals surface area contributed by atoms with Crippen LogP contribution in [0.2, 0.25) is 0 Å². The fourth-order valence-corrected chi connectivity index (χ4v) is 1.75. The fourth-order valence-electron chi connectivity index (χ4n) is 1.75. The number of carboxylic acids is 1. The first-order valence-corrected chi connectivity index (χ1v) is 5.50. The molecule has 0 aromatic heterocycles. The zero-order valence-corrected chi connectivity index (χ0v) is 9.81. The Labute approximate surface area is 99.6 Å². The average Bonchev–Trinajstić information content (AvgIpc) is 2.28. The van der Waals surface area contributed by atoms with E-state index in [1.165, 1.54) is 0 Å². The molecule has 0 aliphatic rings. The Balaban J connectivity index is 2.64. The van der Waals surface area contributed by atoms with Crippen molar-refractivity contribution in [2.75, 3.05) is 0 Å². The van der Waals surface area contributed by atoms with Crippen molar-refractivity contribution in [3.8, 4) is 5.75 Å². The second-order valence-corrected chi connectivity index (χ2v) is 4.17. The molecule has 0 atom stereocenters. The van der Waals surface area contributed by atoms with Crippen LogP contribution in [0.1, 0.15) is 24.2 Å². The van der Waals surface area contributed by atoms with Crippen molar-refractivity contribution in [1.82, 2.24) is 0 Å². The molecule has 0 saturated carbocycles. The van der Waals surface area contributed by atoms with Crippen LogP contribution in [0.3, 0.4) is 0 Å². The molecule has 0 aliphatic carbocycles. The third-order valence-electron chi connectivity index (χ3n) is 2.43. The van der Waals surface area contributed by atoms with Gasteiger partial charge in [0.15, 0.2) is 0 Å². The molecule has 0 spiro atoms. The molecule has 0 fully saturated rings. The van der Waals surface area contributed by atoms with E-state index in [0.717, 1.165) is 10.8 Å². The quantitative estimate of drug-likeness (QED) is 0.879. The number of benzene rings is 2. The van der Waals surface area contributed by atoms with E-state index < -0.39 is 5.97 Å². The molecule has 2 aromatic carbocycles. The maximum Gasteiger partial charge on any atom is 0.335 e. The van der Waals surface area contributed by atoms with Crippen molar-refractivity contribution >= 4 is 16.7 Å². The lowest BCUT2D eigenvalue weighted by Gasteiger charge is -2.13. The predicted octanol–water partition coefficient (Wildman–Crippen LogP) is 3.33. The maximum atomic E-state index is 11.0. The van der Waals surface area contributed by atoms with E-state index in [1.807, 2.05) is 38.1 Å². The number of aromatic carboxylic acids is 1. The van der Waals surface area contributed by atoms with E-state index in [0.29, 0.717) is 5.75 Å². The summed E-state index contributed by atoms with van der Waals surface area (Å²) in [6.45, 7) is 3.84. The van der Waals surface area contributed by atoms with Gasteiger partial charge < -0.3 is 9.84 Å². The Morgan fingerprint density at radius 1 is 1.24 bits per heavy atom. The summed E-state index contributed by atoms with van der Waals surface area (Å²) in [6, 6.07) is 10.8. The topological polar surface area (TPSA) is 46.5 Å². The third kappa shape index (κ3) is 2.38. The van der Waals surface area contributed by atoms with E-state index in [-0.39, 0.29) is 11.7 Å². The number of rotatable bonds is 3. The van der Waals surface area contributed by atoms with Crippen LogP contribution in [-0.2, 0) is 0 Å². The molecule has 0 bridgehead atoms. The maximum absolute atomic E-state index is 11.0. The second-order valence-electron chi connectivity index (χ2n) is 4.17. The first-order chi connectivity index (χ1) is 8.08. The first-order valence-electron chi connectivity index (χ1n) is 5.50. The van der Waals surface area contributed by atoms with E-state index in [2.05, 4.69) is 0 Å². The molecule has 2 rings (SSSR count). The van der Waals surface area contributed by atoms with Gasteiger partial charge in [0.2, 0.25) is 0 Å². The van der Waals surface area contributed by atoms with Gasteiger partial charge in [0.05, 0.1) is 11.7 Å². The molecule has 1 N–H and O–H groups in total. The van der Waals surface area contributed by atoms with Crippen LogP contribution in [-0.4, -0.2) is 17.2 Å². The summed E-state index contributed by atoms with van der Waals surface area (Å²) in [5, 5.41) is 10.9. The van der Waals surface area contributed by atoms with E-state index >= 15 is 0 Å². The van der Waals surface area contributed by atoms with Crippen LogP contribution >= 0.6 is 0 Å². The summed E-state index contributed by atoms with van der Waals surface area (Å²) in [5.74, 6) is -0.320. The SMILES string of the molecule is CC(C)Oc1cc(C(=O)O)cc2ccccc12. The number of fused-ring (bicyclic) bond motifs is 1. The zero-order chi connectivity index (χ0) is 12.4. The lowest BCUT2D eigenvalue weighted by Crippen LogP contribution is -2.07. The Bertz CT molecular complexity index is 558. The lowest BCUT2D eigenvalue weighted by atomic mass is 10.1. The average molecular weight is 230 g/mol. The summed E-state index contributed by atoms with van der Waals surface area (Å²) in [5.41, 5.74) is 0.249. The van der Waals surface area contributed by atoms with Gasteiger partial charge in [-0.15, -0.1) is 0 Å². The molecule has 0 unspecified atom stereocenters. The van der Waals surface area contributed by atoms with Crippen LogP contribution < -0.4 is 4.74 Å². The minimum atomic E-state index is -0.940. The highest BCUT2D eigenvalue weighted by atomic mass is 16.5. The van der Waals surface area contributed by atoms with Crippen LogP contribution in [0.25, 0.3) is 10.8 Å². The highest BCUT2D eigenvalue weighted by molar-refractivity contribution is 5.97. The molecule has 0 radical (unpaired) electrons. The Kier molecular flexibility index (Phi) is 3.00. The van der Waals surface area contributed by atoms with E-state index in [9.17, 15) is 4.79 Å². The number of ether oxygens (including phenoxy) is 1. The minimum absolute atomic E-state index is 0.0162. The summed E-state index contributed by atoms with van der Waals surface area (Å²) in [7, 11) is 0. The second kappa shape index (κ2) is 4.45. The molecule has 0 aliphatic heterocycles. The predicted molar refractivity (Wildman–Crippen MR) is 66.7 cm³/mol. The number of carboxylic acid groups (broad SMARTS) is 1. The lowest BCUT2D eigenvalue weighted by molar-refractivity contribution is 0.0696. The van der Waals surface area contributed by atoms with E-state index in [4.69, 9.17) is 9.84 Å². The highest BCUT2D eigenvalue weighted by Crippen LogP contribution is 2.28. The molecular formula is C14H14O3. The monoisotopic (exact) mass is 230 g/mol. The summed E-state index contributed by atoms with van der Waals surface area (Å²) >= 11 is 0. The van der Waals surface area contributed by atoms with Crippen molar-refractivity contribution in [3.63, 3.8) is 0 Å². The van der Waals surface area contributed by atoms with Crippen molar-refractivity contribution < 1.29 is 14.6 Å². The summed E-state index contributed by atoms with van der Waals surface area (Å²) in [4.78, 5) is 11.0.